The van der Waals surface area contributed by atoms with Crippen LogP contribution < -0.4 is 5.32 Å². The molecule has 1 aromatic heterocycles. The lowest BCUT2D eigenvalue weighted by Gasteiger charge is -2.36. The SMILES string of the molecule is COCc1nnc(NC(=O)CN2CCN(C(C)C)CC2)s1. The van der Waals surface area contributed by atoms with Crippen molar-refractivity contribution < 1.29 is 9.53 Å². The molecule has 21 heavy (non-hydrogen) atoms. The number of rotatable bonds is 6. The minimum absolute atomic E-state index is 0.0342. The third-order valence-electron chi connectivity index (χ3n) is 3.49. The van der Waals surface area contributed by atoms with E-state index in [0.717, 1.165) is 31.2 Å². The van der Waals surface area contributed by atoms with E-state index in [-0.39, 0.29) is 5.91 Å². The molecular weight excluding hydrogens is 290 g/mol. The van der Waals surface area contributed by atoms with Gasteiger partial charge in [-0.15, -0.1) is 10.2 Å². The molecule has 1 amide bonds. The van der Waals surface area contributed by atoms with Crippen LogP contribution in [0.4, 0.5) is 5.13 Å². The highest BCUT2D eigenvalue weighted by atomic mass is 32.1. The first kappa shape index (κ1) is 16.3. The molecule has 0 aromatic carbocycles. The number of piperazine rings is 1. The van der Waals surface area contributed by atoms with Gasteiger partial charge in [-0.2, -0.15) is 0 Å². The summed E-state index contributed by atoms with van der Waals surface area (Å²) in [5.74, 6) is -0.0342. The molecule has 1 aliphatic heterocycles. The second kappa shape index (κ2) is 7.79. The summed E-state index contributed by atoms with van der Waals surface area (Å²) in [4.78, 5) is 16.6. The Morgan fingerprint density at radius 3 is 2.67 bits per heavy atom. The van der Waals surface area contributed by atoms with Gasteiger partial charge in [0.15, 0.2) is 0 Å². The number of carbonyl (C=O) groups excluding carboxylic acids is 1. The maximum atomic E-state index is 12.0. The first-order valence-corrected chi connectivity index (χ1v) is 7.97. The highest BCUT2D eigenvalue weighted by molar-refractivity contribution is 7.15. The molecule has 0 radical (unpaired) electrons. The zero-order valence-electron chi connectivity index (χ0n) is 12.8. The normalized spacial score (nSPS) is 17.3. The summed E-state index contributed by atoms with van der Waals surface area (Å²) in [6.45, 7) is 9.12. The Labute approximate surface area is 129 Å². The van der Waals surface area contributed by atoms with E-state index in [4.69, 9.17) is 4.74 Å². The third-order valence-corrected chi connectivity index (χ3v) is 4.30. The standard InChI is InChI=1S/C13H23N5O2S/c1-10(2)18-6-4-17(5-7-18)8-11(19)14-13-16-15-12(21-13)9-20-3/h10H,4-9H2,1-3H3,(H,14,16,19). The Hall–Kier alpha value is -1.09. The van der Waals surface area contributed by atoms with Gasteiger partial charge in [-0.25, -0.2) is 0 Å². The number of anilines is 1. The Bertz CT molecular complexity index is 457. The number of nitrogens with zero attached hydrogens (tertiary/aromatic N) is 4. The Morgan fingerprint density at radius 2 is 2.05 bits per heavy atom. The van der Waals surface area contributed by atoms with Crippen molar-refractivity contribution in [3.63, 3.8) is 0 Å². The summed E-state index contributed by atoms with van der Waals surface area (Å²) in [6, 6.07) is 0.571. The molecule has 2 rings (SSSR count). The molecule has 0 saturated carbocycles. The first-order valence-electron chi connectivity index (χ1n) is 7.16. The lowest BCUT2D eigenvalue weighted by atomic mass is 10.2. The molecule has 118 valence electrons. The number of aromatic nitrogens is 2. The molecule has 0 spiro atoms. The van der Waals surface area contributed by atoms with Crippen molar-refractivity contribution in [2.45, 2.75) is 26.5 Å². The number of hydrogen-bond donors (Lipinski definition) is 1. The van der Waals surface area contributed by atoms with Crippen LogP contribution in [0.25, 0.3) is 0 Å². The Balaban J connectivity index is 1.74. The van der Waals surface area contributed by atoms with Gasteiger partial charge < -0.3 is 4.74 Å². The van der Waals surface area contributed by atoms with Crippen molar-refractivity contribution >= 4 is 22.4 Å². The van der Waals surface area contributed by atoms with E-state index in [0.29, 0.717) is 24.3 Å². The van der Waals surface area contributed by atoms with Crippen molar-refractivity contribution in [1.82, 2.24) is 20.0 Å². The summed E-state index contributed by atoms with van der Waals surface area (Å²) in [7, 11) is 1.61. The maximum Gasteiger partial charge on any atom is 0.240 e. The molecule has 0 atom stereocenters. The number of nitrogens with one attached hydrogen (secondary N) is 1. The van der Waals surface area contributed by atoms with E-state index in [1.54, 1.807) is 7.11 Å². The van der Waals surface area contributed by atoms with Gasteiger partial charge in [0.25, 0.3) is 0 Å². The van der Waals surface area contributed by atoms with Crippen LogP contribution in [0.3, 0.4) is 0 Å². The van der Waals surface area contributed by atoms with E-state index < -0.39 is 0 Å². The monoisotopic (exact) mass is 313 g/mol. The minimum atomic E-state index is -0.0342. The number of amides is 1. The van der Waals surface area contributed by atoms with Crippen molar-refractivity contribution in [2.75, 3.05) is 45.2 Å². The molecule has 0 unspecified atom stereocenters. The van der Waals surface area contributed by atoms with Crippen LogP contribution in [-0.4, -0.2) is 71.8 Å². The van der Waals surface area contributed by atoms with Gasteiger partial charge in [0, 0.05) is 39.3 Å². The Morgan fingerprint density at radius 1 is 1.33 bits per heavy atom. The summed E-state index contributed by atoms with van der Waals surface area (Å²) in [5, 5.41) is 12.0. The molecule has 2 heterocycles. The van der Waals surface area contributed by atoms with E-state index in [9.17, 15) is 4.79 Å². The van der Waals surface area contributed by atoms with Crippen LogP contribution in [0.5, 0.6) is 0 Å². The van der Waals surface area contributed by atoms with Crippen molar-refractivity contribution in [3.05, 3.63) is 5.01 Å². The van der Waals surface area contributed by atoms with Gasteiger partial charge >= 0.3 is 0 Å². The molecular formula is C13H23N5O2S. The molecule has 1 aliphatic rings. The van der Waals surface area contributed by atoms with Crippen LogP contribution >= 0.6 is 11.3 Å². The summed E-state index contributed by atoms with van der Waals surface area (Å²) >= 11 is 1.35. The summed E-state index contributed by atoms with van der Waals surface area (Å²) < 4.78 is 4.98. The summed E-state index contributed by atoms with van der Waals surface area (Å²) in [6.07, 6.45) is 0. The van der Waals surface area contributed by atoms with Crippen molar-refractivity contribution in [2.24, 2.45) is 0 Å². The van der Waals surface area contributed by atoms with E-state index in [2.05, 4.69) is 39.2 Å². The summed E-state index contributed by atoms with van der Waals surface area (Å²) in [5.41, 5.74) is 0. The van der Waals surface area contributed by atoms with E-state index in [1.165, 1.54) is 11.3 Å². The third kappa shape index (κ3) is 4.99. The largest absolute Gasteiger partial charge is 0.377 e. The van der Waals surface area contributed by atoms with Gasteiger partial charge in [0.05, 0.1) is 6.54 Å². The maximum absolute atomic E-state index is 12.0. The fraction of sp³-hybridized carbons (Fsp3) is 0.769. The van der Waals surface area contributed by atoms with E-state index >= 15 is 0 Å². The van der Waals surface area contributed by atoms with Gasteiger partial charge in [-0.3, -0.25) is 19.9 Å². The predicted molar refractivity (Wildman–Crippen MR) is 82.4 cm³/mol. The highest BCUT2D eigenvalue weighted by Gasteiger charge is 2.20. The average Bonchev–Trinajstić information content (AvgIpc) is 2.87. The first-order chi connectivity index (χ1) is 10.1. The van der Waals surface area contributed by atoms with Gasteiger partial charge in [0.1, 0.15) is 11.6 Å². The molecule has 1 aromatic rings. The van der Waals surface area contributed by atoms with Crippen LogP contribution in [0.1, 0.15) is 18.9 Å². The lowest BCUT2D eigenvalue weighted by Crippen LogP contribution is -2.50. The van der Waals surface area contributed by atoms with Crippen molar-refractivity contribution in [3.8, 4) is 0 Å². The fourth-order valence-corrected chi connectivity index (χ4v) is 3.01. The topological polar surface area (TPSA) is 70.6 Å². The zero-order valence-corrected chi connectivity index (χ0v) is 13.7. The number of ether oxygens (including phenoxy) is 1. The van der Waals surface area contributed by atoms with Gasteiger partial charge in [-0.05, 0) is 13.8 Å². The second-order valence-corrected chi connectivity index (χ2v) is 6.45. The van der Waals surface area contributed by atoms with Crippen LogP contribution in [0, 0.1) is 0 Å². The molecule has 0 bridgehead atoms. The quantitative estimate of drug-likeness (QED) is 0.831. The predicted octanol–water partition coefficient (Wildman–Crippen LogP) is 0.649. The molecule has 1 fully saturated rings. The lowest BCUT2D eigenvalue weighted by molar-refractivity contribution is -0.117. The molecule has 1 saturated heterocycles. The minimum Gasteiger partial charge on any atom is -0.377 e. The zero-order chi connectivity index (χ0) is 15.2. The van der Waals surface area contributed by atoms with E-state index in [1.807, 2.05) is 0 Å². The smallest absolute Gasteiger partial charge is 0.240 e. The van der Waals surface area contributed by atoms with Gasteiger partial charge in [-0.1, -0.05) is 11.3 Å². The van der Waals surface area contributed by atoms with Crippen LogP contribution in [0.2, 0.25) is 0 Å². The van der Waals surface area contributed by atoms with Crippen LogP contribution in [-0.2, 0) is 16.1 Å². The fourth-order valence-electron chi connectivity index (χ4n) is 2.29. The molecule has 1 N–H and O–H groups in total. The number of methoxy groups -OCH3 is 1. The second-order valence-electron chi connectivity index (χ2n) is 5.39. The van der Waals surface area contributed by atoms with Gasteiger partial charge in [0.2, 0.25) is 11.0 Å². The van der Waals surface area contributed by atoms with Crippen LogP contribution in [0.15, 0.2) is 0 Å². The number of hydrogen-bond acceptors (Lipinski definition) is 7. The molecule has 7 nitrogen and oxygen atoms in total. The highest BCUT2D eigenvalue weighted by Crippen LogP contribution is 2.15. The number of carbonyl (C=O) groups is 1. The molecule has 0 aliphatic carbocycles. The Kier molecular flexibility index (Phi) is 6.04. The average molecular weight is 313 g/mol. The molecule has 8 heteroatoms. The van der Waals surface area contributed by atoms with Crippen molar-refractivity contribution in [1.29, 1.82) is 0 Å².